The number of alkyl halides is 3. The maximum Gasteiger partial charge on any atom is 0.285 e. The summed E-state index contributed by atoms with van der Waals surface area (Å²) in [6.45, 7) is -0.342. The van der Waals surface area contributed by atoms with Crippen LogP contribution in [-0.2, 0) is 5.92 Å². The Kier molecular flexibility index (Phi) is 5.17. The molecule has 0 amide bonds. The van der Waals surface area contributed by atoms with Crippen LogP contribution in [0.4, 0.5) is 8.78 Å². The van der Waals surface area contributed by atoms with E-state index in [1.807, 2.05) is 0 Å². The summed E-state index contributed by atoms with van der Waals surface area (Å²) >= 11 is 6.25. The van der Waals surface area contributed by atoms with Gasteiger partial charge >= 0.3 is 0 Å². The smallest absolute Gasteiger partial charge is 0.285 e. The summed E-state index contributed by atoms with van der Waals surface area (Å²) in [7, 11) is 0. The summed E-state index contributed by atoms with van der Waals surface area (Å²) in [6.07, 6.45) is 5.12. The highest BCUT2D eigenvalue weighted by Crippen LogP contribution is 2.28. The van der Waals surface area contributed by atoms with Gasteiger partial charge in [-0.2, -0.15) is 8.78 Å². The lowest BCUT2D eigenvalue weighted by Crippen LogP contribution is -2.42. The van der Waals surface area contributed by atoms with Crippen LogP contribution in [0.25, 0.3) is 0 Å². The summed E-state index contributed by atoms with van der Waals surface area (Å²) in [4.78, 5) is 0. The Morgan fingerprint density at radius 3 is 2.53 bits per heavy atom. The highest BCUT2D eigenvalue weighted by atomic mass is 35.5. The second kappa shape index (κ2) is 6.67. The van der Waals surface area contributed by atoms with Crippen molar-refractivity contribution in [2.24, 2.45) is 0 Å². The Labute approximate surface area is 118 Å². The molecule has 1 nitrogen and oxygen atoms in total. The molecule has 0 radical (unpaired) electrons. The van der Waals surface area contributed by atoms with Crippen LogP contribution in [0, 0.1) is 0 Å². The van der Waals surface area contributed by atoms with Crippen LogP contribution < -0.4 is 5.32 Å². The molecule has 1 saturated carbocycles. The molecular weight excluding hydrogens is 268 g/mol. The number of benzene rings is 1. The van der Waals surface area contributed by atoms with Gasteiger partial charge in [-0.3, -0.25) is 0 Å². The molecule has 0 spiro atoms. The van der Waals surface area contributed by atoms with Crippen molar-refractivity contribution in [2.45, 2.75) is 49.4 Å². The second-order valence-electron chi connectivity index (χ2n) is 5.21. The van der Waals surface area contributed by atoms with Gasteiger partial charge < -0.3 is 5.32 Å². The molecule has 2 rings (SSSR count). The van der Waals surface area contributed by atoms with E-state index in [1.54, 1.807) is 18.2 Å². The first-order valence-corrected chi connectivity index (χ1v) is 7.34. The standard InChI is InChI=1S/C15H20ClF2N/c16-13-9-5-2-6-10-14(13)19-11-15(17,18)12-7-3-1-4-8-12/h1,3-4,7-8,13-14,19H,2,5-6,9-11H2. The van der Waals surface area contributed by atoms with E-state index in [9.17, 15) is 8.78 Å². The van der Waals surface area contributed by atoms with Crippen LogP contribution in [0.3, 0.4) is 0 Å². The lowest BCUT2D eigenvalue weighted by Gasteiger charge is -2.25. The Bertz CT molecular complexity index is 383. The molecule has 1 aliphatic carbocycles. The van der Waals surface area contributed by atoms with Crippen LogP contribution in [0.2, 0.25) is 0 Å². The Hall–Kier alpha value is -0.670. The highest BCUT2D eigenvalue weighted by Gasteiger charge is 2.33. The fourth-order valence-corrected chi connectivity index (χ4v) is 2.91. The zero-order chi connectivity index (χ0) is 13.7. The molecule has 0 bridgehead atoms. The maximum atomic E-state index is 14.0. The fraction of sp³-hybridized carbons (Fsp3) is 0.600. The molecule has 1 aromatic carbocycles. The molecule has 0 aliphatic heterocycles. The summed E-state index contributed by atoms with van der Waals surface area (Å²) in [5.41, 5.74) is 0.0576. The predicted octanol–water partition coefficient (Wildman–Crippen LogP) is 4.31. The molecule has 2 unspecified atom stereocenters. The summed E-state index contributed by atoms with van der Waals surface area (Å²) in [6, 6.07) is 7.95. The van der Waals surface area contributed by atoms with Crippen molar-refractivity contribution < 1.29 is 8.78 Å². The van der Waals surface area contributed by atoms with Crippen LogP contribution in [0.5, 0.6) is 0 Å². The zero-order valence-electron chi connectivity index (χ0n) is 10.9. The summed E-state index contributed by atoms with van der Waals surface area (Å²) in [5.74, 6) is -2.84. The van der Waals surface area contributed by atoms with Crippen molar-refractivity contribution in [1.29, 1.82) is 0 Å². The molecule has 1 aromatic rings. The predicted molar refractivity (Wildman–Crippen MR) is 74.9 cm³/mol. The Morgan fingerprint density at radius 2 is 1.79 bits per heavy atom. The average Bonchev–Trinajstić information content (AvgIpc) is 2.62. The topological polar surface area (TPSA) is 12.0 Å². The molecule has 1 fully saturated rings. The molecule has 19 heavy (non-hydrogen) atoms. The van der Waals surface area contributed by atoms with Gasteiger partial charge in [0.2, 0.25) is 0 Å². The first-order chi connectivity index (χ1) is 9.09. The molecule has 2 atom stereocenters. The second-order valence-corrected chi connectivity index (χ2v) is 5.77. The van der Waals surface area contributed by atoms with Crippen molar-refractivity contribution in [3.63, 3.8) is 0 Å². The lowest BCUT2D eigenvalue weighted by atomic mass is 10.1. The maximum absolute atomic E-state index is 14.0. The molecular formula is C15H20ClF2N. The van der Waals surface area contributed by atoms with E-state index >= 15 is 0 Å². The van der Waals surface area contributed by atoms with Crippen molar-refractivity contribution in [3.8, 4) is 0 Å². The van der Waals surface area contributed by atoms with Crippen LogP contribution in [0.1, 0.15) is 37.7 Å². The van der Waals surface area contributed by atoms with E-state index in [0.29, 0.717) is 0 Å². The number of hydrogen-bond donors (Lipinski definition) is 1. The Balaban J connectivity index is 1.93. The average molecular weight is 288 g/mol. The molecule has 0 heterocycles. The van der Waals surface area contributed by atoms with Crippen molar-refractivity contribution >= 4 is 11.6 Å². The minimum absolute atomic E-state index is 0.00115. The van der Waals surface area contributed by atoms with E-state index in [1.165, 1.54) is 12.1 Å². The minimum atomic E-state index is -2.84. The highest BCUT2D eigenvalue weighted by molar-refractivity contribution is 6.21. The van der Waals surface area contributed by atoms with E-state index in [4.69, 9.17) is 11.6 Å². The van der Waals surface area contributed by atoms with Gasteiger partial charge in [0.15, 0.2) is 0 Å². The first kappa shape index (κ1) is 14.7. The normalized spacial score (nSPS) is 25.0. The van der Waals surface area contributed by atoms with Gasteiger partial charge in [-0.1, -0.05) is 49.6 Å². The minimum Gasteiger partial charge on any atom is -0.307 e. The molecule has 1 aliphatic rings. The molecule has 4 heteroatoms. The fourth-order valence-electron chi connectivity index (χ4n) is 2.54. The third kappa shape index (κ3) is 4.15. The summed E-state index contributed by atoms with van der Waals surface area (Å²) in [5, 5.41) is 2.93. The molecule has 0 aromatic heterocycles. The van der Waals surface area contributed by atoms with Crippen LogP contribution in [0.15, 0.2) is 30.3 Å². The summed E-state index contributed by atoms with van der Waals surface area (Å²) < 4.78 is 28.1. The number of hydrogen-bond acceptors (Lipinski definition) is 1. The van der Waals surface area contributed by atoms with Crippen LogP contribution >= 0.6 is 11.6 Å². The van der Waals surface area contributed by atoms with E-state index in [0.717, 1.165) is 32.1 Å². The van der Waals surface area contributed by atoms with Gasteiger partial charge in [-0.05, 0) is 12.8 Å². The molecule has 1 N–H and O–H groups in total. The quantitative estimate of drug-likeness (QED) is 0.643. The monoisotopic (exact) mass is 287 g/mol. The largest absolute Gasteiger partial charge is 0.307 e. The van der Waals surface area contributed by atoms with Gasteiger partial charge in [0.25, 0.3) is 5.92 Å². The van der Waals surface area contributed by atoms with Gasteiger partial charge in [-0.15, -0.1) is 11.6 Å². The first-order valence-electron chi connectivity index (χ1n) is 6.90. The third-order valence-electron chi connectivity index (χ3n) is 3.71. The Morgan fingerprint density at radius 1 is 1.11 bits per heavy atom. The van der Waals surface area contributed by atoms with E-state index in [-0.39, 0.29) is 23.5 Å². The van der Waals surface area contributed by atoms with Gasteiger partial charge in [0, 0.05) is 17.0 Å². The SMILES string of the molecule is FC(F)(CNC1CCCCCC1Cl)c1ccccc1. The van der Waals surface area contributed by atoms with Crippen molar-refractivity contribution in [2.75, 3.05) is 6.54 Å². The number of nitrogens with one attached hydrogen (secondary N) is 1. The zero-order valence-corrected chi connectivity index (χ0v) is 11.7. The van der Waals surface area contributed by atoms with Crippen molar-refractivity contribution in [3.05, 3.63) is 35.9 Å². The lowest BCUT2D eigenvalue weighted by molar-refractivity contribution is -0.00602. The van der Waals surface area contributed by atoms with Gasteiger partial charge in [-0.25, -0.2) is 0 Å². The molecule has 106 valence electrons. The van der Waals surface area contributed by atoms with Gasteiger partial charge in [0.05, 0.1) is 6.54 Å². The van der Waals surface area contributed by atoms with Crippen LogP contribution in [-0.4, -0.2) is 18.0 Å². The molecule has 0 saturated heterocycles. The third-order valence-corrected chi connectivity index (χ3v) is 4.24. The van der Waals surface area contributed by atoms with E-state index < -0.39 is 5.92 Å². The number of halogens is 3. The van der Waals surface area contributed by atoms with E-state index in [2.05, 4.69) is 5.32 Å². The van der Waals surface area contributed by atoms with Gasteiger partial charge in [0.1, 0.15) is 0 Å². The number of rotatable bonds is 4. The van der Waals surface area contributed by atoms with Crippen molar-refractivity contribution in [1.82, 2.24) is 5.32 Å².